The molecule has 0 amide bonds. The van der Waals surface area contributed by atoms with Gasteiger partial charge in [0.1, 0.15) is 5.75 Å². The fourth-order valence-electron chi connectivity index (χ4n) is 3.09. The Morgan fingerprint density at radius 3 is 2.28 bits per heavy atom. The second-order valence-electron chi connectivity index (χ2n) is 7.17. The Hall–Kier alpha value is -2.30. The minimum absolute atomic E-state index is 0.0876. The molecule has 2 aromatic carbocycles. The van der Waals surface area contributed by atoms with Gasteiger partial charge >= 0.3 is 0 Å². The van der Waals surface area contributed by atoms with E-state index in [0.717, 1.165) is 17.0 Å². The average molecular weight is 426 g/mol. The molecule has 1 heterocycles. The van der Waals surface area contributed by atoms with Crippen LogP contribution in [0.25, 0.3) is 0 Å². The first kappa shape index (κ1) is 21.4. The summed E-state index contributed by atoms with van der Waals surface area (Å²) in [6.07, 6.45) is 0. The molecule has 3 rings (SSSR count). The molecule has 3 aromatic rings. The van der Waals surface area contributed by atoms with Crippen LogP contribution in [0, 0.1) is 5.92 Å². The number of pyridine rings is 1. The monoisotopic (exact) mass is 425 g/mol. The van der Waals surface area contributed by atoms with Crippen LogP contribution in [0.5, 0.6) is 11.6 Å². The number of para-hydroxylation sites is 1. The number of hydrogen-bond acceptors (Lipinski definition) is 4. The van der Waals surface area contributed by atoms with Gasteiger partial charge in [-0.25, -0.2) is 4.98 Å². The molecule has 0 saturated heterocycles. The van der Waals surface area contributed by atoms with E-state index in [0.29, 0.717) is 10.9 Å². The number of hydrogen-bond donors (Lipinski definition) is 0. The molecule has 0 spiro atoms. The minimum Gasteiger partial charge on any atom is -0.439 e. The van der Waals surface area contributed by atoms with E-state index in [4.69, 9.17) is 16.3 Å². The Morgan fingerprint density at radius 2 is 1.62 bits per heavy atom. The lowest BCUT2D eigenvalue weighted by molar-refractivity contribution is -0.113. The van der Waals surface area contributed by atoms with Gasteiger partial charge in [-0.05, 0) is 48.7 Å². The Bertz CT molecular complexity index is 945. The Morgan fingerprint density at radius 1 is 0.931 bits per heavy atom. The lowest BCUT2D eigenvalue weighted by Gasteiger charge is -2.21. The van der Waals surface area contributed by atoms with Crippen molar-refractivity contribution in [3.8, 4) is 11.6 Å². The fourth-order valence-corrected chi connectivity index (χ4v) is 4.38. The number of halogens is 1. The molecule has 0 saturated carbocycles. The highest BCUT2D eigenvalue weighted by Gasteiger charge is 2.27. The second kappa shape index (κ2) is 9.95. The molecule has 0 aliphatic heterocycles. The van der Waals surface area contributed by atoms with Crippen molar-refractivity contribution in [2.75, 3.05) is 0 Å². The summed E-state index contributed by atoms with van der Waals surface area (Å²) in [5, 5.41) is 0.713. The summed E-state index contributed by atoms with van der Waals surface area (Å²) in [5.41, 5.74) is 1.80. The van der Waals surface area contributed by atoms with Gasteiger partial charge in [0, 0.05) is 11.1 Å². The van der Waals surface area contributed by atoms with Gasteiger partial charge in [0.2, 0.25) is 5.88 Å². The summed E-state index contributed by atoms with van der Waals surface area (Å²) in [4.78, 5) is 17.7. The minimum atomic E-state index is -0.191. The van der Waals surface area contributed by atoms with Crippen LogP contribution in [0.1, 0.15) is 43.2 Å². The predicted octanol–water partition coefficient (Wildman–Crippen LogP) is 7.29. The van der Waals surface area contributed by atoms with Crippen LogP contribution in [-0.4, -0.2) is 10.1 Å². The Balaban J connectivity index is 1.73. The van der Waals surface area contributed by atoms with Crippen molar-refractivity contribution in [1.82, 2.24) is 4.98 Å². The zero-order valence-electron chi connectivity index (χ0n) is 16.7. The topological polar surface area (TPSA) is 39.2 Å². The maximum Gasteiger partial charge on any atom is 0.219 e. The maximum absolute atomic E-state index is 13.1. The summed E-state index contributed by atoms with van der Waals surface area (Å²) < 4.78 is 5.82. The smallest absolute Gasteiger partial charge is 0.219 e. The van der Waals surface area contributed by atoms with Crippen molar-refractivity contribution >= 4 is 28.5 Å². The number of benzene rings is 2. The SMILES string of the molecule is CC(C)C(C(=O)S[C@@H](C)c1cccc(Oc2ccccc2)n1)c1ccc(Cl)cc1. The molecule has 3 nitrogen and oxygen atoms in total. The quantitative estimate of drug-likeness (QED) is 0.398. The van der Waals surface area contributed by atoms with E-state index in [1.54, 1.807) is 0 Å². The second-order valence-corrected chi connectivity index (χ2v) is 8.95. The highest BCUT2D eigenvalue weighted by Crippen LogP contribution is 2.37. The molecule has 2 atom stereocenters. The molecular formula is C24H24ClNO2S. The average Bonchev–Trinajstić information content (AvgIpc) is 2.70. The number of aromatic nitrogens is 1. The molecule has 0 N–H and O–H groups in total. The summed E-state index contributed by atoms with van der Waals surface area (Å²) in [6, 6.07) is 22.7. The molecule has 5 heteroatoms. The highest BCUT2D eigenvalue weighted by atomic mass is 35.5. The van der Waals surface area contributed by atoms with Crippen LogP contribution in [0.15, 0.2) is 72.8 Å². The van der Waals surface area contributed by atoms with Gasteiger partial charge < -0.3 is 4.74 Å². The van der Waals surface area contributed by atoms with E-state index >= 15 is 0 Å². The van der Waals surface area contributed by atoms with Crippen molar-refractivity contribution < 1.29 is 9.53 Å². The van der Waals surface area contributed by atoms with Crippen molar-refractivity contribution in [2.24, 2.45) is 5.92 Å². The highest BCUT2D eigenvalue weighted by molar-refractivity contribution is 8.13. The van der Waals surface area contributed by atoms with Crippen LogP contribution in [0.2, 0.25) is 5.02 Å². The number of thioether (sulfide) groups is 1. The number of nitrogens with zero attached hydrogens (tertiary/aromatic N) is 1. The van der Waals surface area contributed by atoms with Gasteiger partial charge in [-0.15, -0.1) is 0 Å². The molecule has 0 aliphatic carbocycles. The van der Waals surface area contributed by atoms with Crippen LogP contribution < -0.4 is 4.74 Å². The normalized spacial score (nSPS) is 13.1. The molecule has 0 bridgehead atoms. The number of carbonyl (C=O) groups is 1. The van der Waals surface area contributed by atoms with Crippen molar-refractivity contribution in [2.45, 2.75) is 31.9 Å². The number of carbonyl (C=O) groups excluding carboxylic acids is 1. The molecule has 0 radical (unpaired) electrons. The van der Waals surface area contributed by atoms with E-state index in [2.05, 4.69) is 18.8 Å². The van der Waals surface area contributed by atoms with Crippen LogP contribution in [0.3, 0.4) is 0 Å². The molecule has 1 unspecified atom stereocenters. The van der Waals surface area contributed by atoms with Gasteiger partial charge in [0.25, 0.3) is 0 Å². The summed E-state index contributed by atoms with van der Waals surface area (Å²) in [7, 11) is 0. The molecule has 0 fully saturated rings. The Labute approximate surface area is 181 Å². The third kappa shape index (κ3) is 5.84. The standard InChI is InChI=1S/C24H24ClNO2S/c1-16(2)23(18-12-14-19(25)15-13-18)24(27)29-17(3)21-10-7-11-22(26-21)28-20-8-5-4-6-9-20/h4-17,23H,1-3H3/t17-,23?/m0/s1. The van der Waals surface area contributed by atoms with Gasteiger partial charge in [0.05, 0.1) is 16.9 Å². The summed E-state index contributed by atoms with van der Waals surface area (Å²) in [5.74, 6) is 1.25. The van der Waals surface area contributed by atoms with E-state index in [1.807, 2.05) is 79.7 Å². The third-order valence-electron chi connectivity index (χ3n) is 4.57. The lowest BCUT2D eigenvalue weighted by atomic mass is 9.90. The van der Waals surface area contributed by atoms with Crippen molar-refractivity contribution in [3.63, 3.8) is 0 Å². The first-order valence-corrected chi connectivity index (χ1v) is 10.9. The van der Waals surface area contributed by atoms with E-state index < -0.39 is 0 Å². The third-order valence-corrected chi connectivity index (χ3v) is 5.90. The summed E-state index contributed by atoms with van der Waals surface area (Å²) >= 11 is 7.32. The lowest BCUT2D eigenvalue weighted by Crippen LogP contribution is -2.16. The zero-order valence-corrected chi connectivity index (χ0v) is 18.3. The summed E-state index contributed by atoms with van der Waals surface area (Å²) in [6.45, 7) is 6.13. The van der Waals surface area contributed by atoms with E-state index in [-0.39, 0.29) is 22.2 Å². The molecule has 29 heavy (non-hydrogen) atoms. The zero-order chi connectivity index (χ0) is 20.8. The molecule has 0 aliphatic rings. The van der Waals surface area contributed by atoms with Crippen LogP contribution in [0.4, 0.5) is 0 Å². The molecular weight excluding hydrogens is 402 g/mol. The predicted molar refractivity (Wildman–Crippen MR) is 121 cm³/mol. The van der Waals surface area contributed by atoms with Gasteiger partial charge in [-0.1, -0.05) is 73.6 Å². The molecule has 1 aromatic heterocycles. The largest absolute Gasteiger partial charge is 0.439 e. The fraction of sp³-hybridized carbons (Fsp3) is 0.250. The number of rotatable bonds is 7. The van der Waals surface area contributed by atoms with Gasteiger partial charge in [0.15, 0.2) is 5.12 Å². The van der Waals surface area contributed by atoms with Gasteiger partial charge in [-0.3, -0.25) is 4.79 Å². The van der Waals surface area contributed by atoms with Crippen molar-refractivity contribution in [1.29, 1.82) is 0 Å². The first-order chi connectivity index (χ1) is 13.9. The Kier molecular flexibility index (Phi) is 7.34. The van der Waals surface area contributed by atoms with Crippen LogP contribution in [-0.2, 0) is 4.79 Å². The van der Waals surface area contributed by atoms with E-state index in [9.17, 15) is 4.79 Å². The first-order valence-electron chi connectivity index (χ1n) is 9.60. The van der Waals surface area contributed by atoms with E-state index in [1.165, 1.54) is 11.8 Å². The van der Waals surface area contributed by atoms with Gasteiger partial charge in [-0.2, -0.15) is 0 Å². The van der Waals surface area contributed by atoms with Crippen LogP contribution >= 0.6 is 23.4 Å². The number of ether oxygens (including phenoxy) is 1. The molecule has 150 valence electrons. The maximum atomic E-state index is 13.1. The van der Waals surface area contributed by atoms with Crippen molar-refractivity contribution in [3.05, 3.63) is 89.1 Å².